The van der Waals surface area contributed by atoms with Gasteiger partial charge in [0, 0.05) is 6.54 Å². The highest BCUT2D eigenvalue weighted by Crippen LogP contribution is 2.10. The van der Waals surface area contributed by atoms with Gasteiger partial charge < -0.3 is 25.5 Å². The molecule has 0 aromatic heterocycles. The van der Waals surface area contributed by atoms with Crippen molar-refractivity contribution in [1.82, 2.24) is 10.2 Å². The summed E-state index contributed by atoms with van der Waals surface area (Å²) >= 11 is 0. The van der Waals surface area contributed by atoms with E-state index in [1.807, 2.05) is 0 Å². The van der Waals surface area contributed by atoms with Crippen molar-refractivity contribution in [3.8, 4) is 0 Å². The molecule has 2 atom stereocenters. The monoisotopic (exact) mass is 294 g/mol. The van der Waals surface area contributed by atoms with Crippen molar-refractivity contribution in [1.29, 1.82) is 0 Å². The van der Waals surface area contributed by atoms with Crippen LogP contribution in [0.1, 0.15) is 15.9 Å². The topological polar surface area (TPSA) is 110 Å². The summed E-state index contributed by atoms with van der Waals surface area (Å²) in [5.74, 6) is -0.985. The molecule has 0 bridgehead atoms. The van der Waals surface area contributed by atoms with Gasteiger partial charge >= 0.3 is 12.0 Å². The zero-order valence-electron chi connectivity index (χ0n) is 11.4. The van der Waals surface area contributed by atoms with Crippen LogP contribution in [0.2, 0.25) is 0 Å². The van der Waals surface area contributed by atoms with E-state index in [1.54, 1.807) is 18.2 Å². The SMILES string of the molecule is O=C(O)c1cccc(CCNC(=O)N2CC(O)C(O)C2)c1. The third-order valence-electron chi connectivity index (χ3n) is 3.41. The summed E-state index contributed by atoms with van der Waals surface area (Å²) in [5, 5.41) is 30.3. The van der Waals surface area contributed by atoms with Crippen molar-refractivity contribution in [3.63, 3.8) is 0 Å². The van der Waals surface area contributed by atoms with E-state index in [9.17, 15) is 19.8 Å². The molecule has 1 aromatic rings. The minimum Gasteiger partial charge on any atom is -0.478 e. The lowest BCUT2D eigenvalue weighted by Crippen LogP contribution is -2.40. The molecule has 1 fully saturated rings. The molecule has 114 valence electrons. The molecular weight excluding hydrogens is 276 g/mol. The Balaban J connectivity index is 1.80. The number of carbonyl (C=O) groups excluding carboxylic acids is 1. The molecule has 2 rings (SSSR count). The van der Waals surface area contributed by atoms with Crippen LogP contribution in [0, 0.1) is 0 Å². The van der Waals surface area contributed by atoms with Gasteiger partial charge in [-0.2, -0.15) is 0 Å². The van der Waals surface area contributed by atoms with E-state index in [4.69, 9.17) is 5.11 Å². The van der Waals surface area contributed by atoms with Crippen molar-refractivity contribution >= 4 is 12.0 Å². The molecular formula is C14H18N2O5. The van der Waals surface area contributed by atoms with Gasteiger partial charge in [-0.15, -0.1) is 0 Å². The second-order valence-electron chi connectivity index (χ2n) is 5.03. The van der Waals surface area contributed by atoms with E-state index < -0.39 is 18.2 Å². The van der Waals surface area contributed by atoms with E-state index in [0.29, 0.717) is 13.0 Å². The number of likely N-dealkylation sites (tertiary alicyclic amines) is 1. The number of β-amino-alcohol motifs (C(OH)–C–C–N with tert-alkyl or cyclic N) is 2. The Kier molecular flexibility index (Phi) is 4.77. The van der Waals surface area contributed by atoms with E-state index in [2.05, 4.69) is 5.32 Å². The number of hydrogen-bond acceptors (Lipinski definition) is 4. The zero-order valence-corrected chi connectivity index (χ0v) is 11.4. The number of hydrogen-bond donors (Lipinski definition) is 4. The van der Waals surface area contributed by atoms with Crippen molar-refractivity contribution < 1.29 is 24.9 Å². The number of carbonyl (C=O) groups is 2. The largest absolute Gasteiger partial charge is 0.478 e. The van der Waals surface area contributed by atoms with Crippen LogP contribution in [0.3, 0.4) is 0 Å². The minimum absolute atomic E-state index is 0.113. The van der Waals surface area contributed by atoms with Gasteiger partial charge in [-0.05, 0) is 24.1 Å². The highest BCUT2D eigenvalue weighted by molar-refractivity contribution is 5.87. The highest BCUT2D eigenvalue weighted by Gasteiger charge is 2.32. The van der Waals surface area contributed by atoms with E-state index in [0.717, 1.165) is 5.56 Å². The fourth-order valence-electron chi connectivity index (χ4n) is 2.22. The summed E-state index contributed by atoms with van der Waals surface area (Å²) in [6.07, 6.45) is -1.29. The maximum atomic E-state index is 11.8. The lowest BCUT2D eigenvalue weighted by molar-refractivity contribution is 0.0572. The molecule has 7 heteroatoms. The number of amides is 2. The summed E-state index contributed by atoms with van der Waals surface area (Å²) in [7, 11) is 0. The average Bonchev–Trinajstić information content (AvgIpc) is 2.79. The molecule has 1 heterocycles. The predicted octanol–water partition coefficient (Wildman–Crippen LogP) is -0.326. The van der Waals surface area contributed by atoms with Crippen LogP contribution in [-0.2, 0) is 6.42 Å². The first-order valence-corrected chi connectivity index (χ1v) is 6.68. The van der Waals surface area contributed by atoms with Gasteiger partial charge in [0.15, 0.2) is 0 Å². The summed E-state index contributed by atoms with van der Waals surface area (Å²) in [6.45, 7) is 0.577. The summed E-state index contributed by atoms with van der Waals surface area (Å²) in [6, 6.07) is 6.19. The number of nitrogens with one attached hydrogen (secondary N) is 1. The summed E-state index contributed by atoms with van der Waals surface area (Å²) in [4.78, 5) is 24.0. The van der Waals surface area contributed by atoms with E-state index in [-0.39, 0.29) is 24.7 Å². The number of carboxylic acid groups (broad SMARTS) is 1. The van der Waals surface area contributed by atoms with Crippen LogP contribution in [0.25, 0.3) is 0 Å². The first-order valence-electron chi connectivity index (χ1n) is 6.68. The van der Waals surface area contributed by atoms with Crippen molar-refractivity contribution in [3.05, 3.63) is 35.4 Å². The van der Waals surface area contributed by atoms with Crippen LogP contribution in [0.5, 0.6) is 0 Å². The molecule has 1 aliphatic rings. The van der Waals surface area contributed by atoms with Gasteiger partial charge in [-0.1, -0.05) is 12.1 Å². The van der Waals surface area contributed by atoms with Crippen molar-refractivity contribution in [2.24, 2.45) is 0 Å². The predicted molar refractivity (Wildman–Crippen MR) is 74.1 cm³/mol. The zero-order chi connectivity index (χ0) is 15.4. The Hall–Kier alpha value is -2.12. The third-order valence-corrected chi connectivity index (χ3v) is 3.41. The molecule has 7 nitrogen and oxygen atoms in total. The molecule has 1 aliphatic heterocycles. The molecule has 1 saturated heterocycles. The molecule has 0 aliphatic carbocycles. The summed E-state index contributed by atoms with van der Waals surface area (Å²) in [5.41, 5.74) is 1.03. The number of nitrogens with zero attached hydrogens (tertiary/aromatic N) is 1. The van der Waals surface area contributed by atoms with Gasteiger partial charge in [0.25, 0.3) is 0 Å². The fourth-order valence-corrected chi connectivity index (χ4v) is 2.22. The third kappa shape index (κ3) is 3.93. The normalized spacial score (nSPS) is 21.3. The quantitative estimate of drug-likeness (QED) is 0.608. The van der Waals surface area contributed by atoms with Gasteiger partial charge in [-0.25, -0.2) is 9.59 Å². The van der Waals surface area contributed by atoms with Crippen LogP contribution >= 0.6 is 0 Å². The second kappa shape index (κ2) is 6.55. The Morgan fingerprint density at radius 2 is 1.90 bits per heavy atom. The molecule has 2 amide bonds. The van der Waals surface area contributed by atoms with E-state index >= 15 is 0 Å². The van der Waals surface area contributed by atoms with Crippen molar-refractivity contribution in [2.75, 3.05) is 19.6 Å². The fraction of sp³-hybridized carbons (Fsp3) is 0.429. The number of urea groups is 1. The van der Waals surface area contributed by atoms with Crippen LogP contribution in [-0.4, -0.2) is 64.1 Å². The molecule has 2 unspecified atom stereocenters. The molecule has 21 heavy (non-hydrogen) atoms. The van der Waals surface area contributed by atoms with Crippen LogP contribution < -0.4 is 5.32 Å². The minimum atomic E-state index is -0.985. The summed E-state index contributed by atoms with van der Waals surface area (Å²) < 4.78 is 0. The van der Waals surface area contributed by atoms with Gasteiger partial charge in [0.05, 0.1) is 30.9 Å². The molecule has 0 radical (unpaired) electrons. The number of benzene rings is 1. The number of aliphatic hydroxyl groups is 2. The number of aromatic carboxylic acids is 1. The second-order valence-corrected chi connectivity index (χ2v) is 5.03. The standard InChI is InChI=1S/C14H18N2O5/c17-11-7-16(8-12(11)18)14(21)15-5-4-9-2-1-3-10(6-9)13(19)20/h1-3,6,11-12,17-18H,4-5,7-8H2,(H,15,21)(H,19,20). The Morgan fingerprint density at radius 3 is 2.52 bits per heavy atom. The molecule has 0 saturated carbocycles. The lowest BCUT2D eigenvalue weighted by Gasteiger charge is -2.16. The number of carboxylic acids is 1. The Labute approximate surface area is 121 Å². The van der Waals surface area contributed by atoms with Gasteiger partial charge in [0.1, 0.15) is 0 Å². The lowest BCUT2D eigenvalue weighted by atomic mass is 10.1. The van der Waals surface area contributed by atoms with Gasteiger partial charge in [0.2, 0.25) is 0 Å². The average molecular weight is 294 g/mol. The number of rotatable bonds is 4. The van der Waals surface area contributed by atoms with Gasteiger partial charge in [-0.3, -0.25) is 0 Å². The van der Waals surface area contributed by atoms with E-state index in [1.165, 1.54) is 11.0 Å². The maximum Gasteiger partial charge on any atom is 0.335 e. The first kappa shape index (κ1) is 15.3. The number of aliphatic hydroxyl groups excluding tert-OH is 2. The molecule has 4 N–H and O–H groups in total. The molecule has 0 spiro atoms. The van der Waals surface area contributed by atoms with Crippen LogP contribution in [0.4, 0.5) is 4.79 Å². The maximum absolute atomic E-state index is 11.8. The Bertz CT molecular complexity index is 524. The molecule has 1 aromatic carbocycles. The Morgan fingerprint density at radius 1 is 1.24 bits per heavy atom. The van der Waals surface area contributed by atoms with Crippen LogP contribution in [0.15, 0.2) is 24.3 Å². The first-order chi connectivity index (χ1) is 9.97. The highest BCUT2D eigenvalue weighted by atomic mass is 16.4. The smallest absolute Gasteiger partial charge is 0.335 e. The van der Waals surface area contributed by atoms with Crippen molar-refractivity contribution in [2.45, 2.75) is 18.6 Å².